The van der Waals surface area contributed by atoms with Gasteiger partial charge in [-0.3, -0.25) is 14.6 Å². The maximum Gasteiger partial charge on any atom is 0.338 e. The molecule has 1 saturated heterocycles. The zero-order chi connectivity index (χ0) is 24.1. The standard InChI is InChI=1S/C23H32N4O6/c1-6-33-22(29)19-17(14-26-10-12-27(13-11-26)15(2)28)25(3)23(30)24-20(19)16-8-7-9-18(31-4)21(16)32-5/h7-9,20H,6,10-14H2,1-5H3,(H,24,30)/t20-/m1/s1. The Morgan fingerprint density at radius 3 is 2.39 bits per heavy atom. The molecule has 33 heavy (non-hydrogen) atoms. The van der Waals surface area contributed by atoms with Gasteiger partial charge in [-0.05, 0) is 13.0 Å². The van der Waals surface area contributed by atoms with Crippen LogP contribution < -0.4 is 14.8 Å². The molecule has 10 heteroatoms. The molecule has 0 unspecified atom stereocenters. The number of hydrogen-bond acceptors (Lipinski definition) is 7. The highest BCUT2D eigenvalue weighted by Crippen LogP contribution is 2.40. The second kappa shape index (κ2) is 10.6. The van der Waals surface area contributed by atoms with Gasteiger partial charge in [-0.1, -0.05) is 12.1 Å². The molecule has 2 aliphatic heterocycles. The fourth-order valence-corrected chi connectivity index (χ4v) is 4.20. The fraction of sp³-hybridized carbons (Fsp3) is 0.522. The van der Waals surface area contributed by atoms with Crippen molar-refractivity contribution in [2.75, 3.05) is 60.6 Å². The lowest BCUT2D eigenvalue weighted by Crippen LogP contribution is -2.52. The van der Waals surface area contributed by atoms with Crippen LogP contribution in [0.1, 0.15) is 25.5 Å². The zero-order valence-corrected chi connectivity index (χ0v) is 19.8. The first-order valence-electron chi connectivity index (χ1n) is 10.9. The van der Waals surface area contributed by atoms with Crippen molar-refractivity contribution in [1.82, 2.24) is 20.0 Å². The van der Waals surface area contributed by atoms with Crippen LogP contribution in [0.5, 0.6) is 11.5 Å². The van der Waals surface area contributed by atoms with Crippen LogP contribution in [-0.2, 0) is 14.3 Å². The zero-order valence-electron chi connectivity index (χ0n) is 19.8. The summed E-state index contributed by atoms with van der Waals surface area (Å²) in [5.41, 5.74) is 1.50. The summed E-state index contributed by atoms with van der Waals surface area (Å²) in [5, 5.41) is 2.91. The molecular weight excluding hydrogens is 428 g/mol. The van der Waals surface area contributed by atoms with Crippen LogP contribution in [0.15, 0.2) is 29.5 Å². The highest BCUT2D eigenvalue weighted by Gasteiger charge is 2.39. The number of nitrogens with one attached hydrogen (secondary N) is 1. The highest BCUT2D eigenvalue weighted by atomic mass is 16.5. The van der Waals surface area contributed by atoms with Crippen molar-refractivity contribution < 1.29 is 28.6 Å². The lowest BCUT2D eigenvalue weighted by Gasteiger charge is -2.39. The minimum atomic E-state index is -0.772. The monoisotopic (exact) mass is 460 g/mol. The van der Waals surface area contributed by atoms with Crippen molar-refractivity contribution in [2.24, 2.45) is 0 Å². The van der Waals surface area contributed by atoms with Crippen LogP contribution in [0.4, 0.5) is 4.79 Å². The molecule has 3 amide bonds. The molecule has 180 valence electrons. The summed E-state index contributed by atoms with van der Waals surface area (Å²) in [6.07, 6.45) is 0. The number of carbonyl (C=O) groups excluding carboxylic acids is 3. The molecule has 1 fully saturated rings. The van der Waals surface area contributed by atoms with Crippen LogP contribution in [0.2, 0.25) is 0 Å². The van der Waals surface area contributed by atoms with E-state index < -0.39 is 12.0 Å². The lowest BCUT2D eigenvalue weighted by molar-refractivity contribution is -0.139. The Morgan fingerprint density at radius 1 is 1.12 bits per heavy atom. The minimum absolute atomic E-state index is 0.0421. The first-order valence-corrected chi connectivity index (χ1v) is 10.9. The Bertz CT molecular complexity index is 939. The summed E-state index contributed by atoms with van der Waals surface area (Å²) in [7, 11) is 4.68. The Kier molecular flexibility index (Phi) is 7.80. The van der Waals surface area contributed by atoms with Gasteiger partial charge in [0.1, 0.15) is 0 Å². The number of piperazine rings is 1. The highest BCUT2D eigenvalue weighted by molar-refractivity contribution is 5.95. The molecule has 0 radical (unpaired) electrons. The van der Waals surface area contributed by atoms with E-state index in [9.17, 15) is 14.4 Å². The molecule has 0 aliphatic carbocycles. The van der Waals surface area contributed by atoms with Gasteiger partial charge >= 0.3 is 12.0 Å². The van der Waals surface area contributed by atoms with E-state index in [4.69, 9.17) is 14.2 Å². The number of carbonyl (C=O) groups is 3. The second-order valence-corrected chi connectivity index (χ2v) is 7.89. The van der Waals surface area contributed by atoms with Crippen molar-refractivity contribution in [1.29, 1.82) is 0 Å². The van der Waals surface area contributed by atoms with E-state index in [1.54, 1.807) is 44.0 Å². The van der Waals surface area contributed by atoms with Gasteiger partial charge in [-0.2, -0.15) is 0 Å². The summed E-state index contributed by atoms with van der Waals surface area (Å²) < 4.78 is 16.4. The Hall–Kier alpha value is -3.27. The fourth-order valence-electron chi connectivity index (χ4n) is 4.20. The molecule has 0 saturated carbocycles. The number of amides is 3. The van der Waals surface area contributed by atoms with Gasteiger partial charge in [0.25, 0.3) is 0 Å². The Balaban J connectivity index is 2.05. The molecule has 10 nitrogen and oxygen atoms in total. The number of para-hydroxylation sites is 1. The van der Waals surface area contributed by atoms with Crippen LogP contribution in [0, 0.1) is 0 Å². The number of likely N-dealkylation sites (N-methyl/N-ethyl adjacent to an activating group) is 1. The minimum Gasteiger partial charge on any atom is -0.493 e. The van der Waals surface area contributed by atoms with E-state index in [2.05, 4.69) is 10.2 Å². The number of nitrogens with zero attached hydrogens (tertiary/aromatic N) is 3. The Labute approximate surface area is 194 Å². The first kappa shape index (κ1) is 24.4. The largest absolute Gasteiger partial charge is 0.493 e. The molecule has 0 spiro atoms. The number of rotatable bonds is 7. The Morgan fingerprint density at radius 2 is 1.82 bits per heavy atom. The molecule has 3 rings (SSSR count). The summed E-state index contributed by atoms with van der Waals surface area (Å²) >= 11 is 0. The van der Waals surface area contributed by atoms with Crippen molar-refractivity contribution >= 4 is 17.9 Å². The average molecular weight is 461 g/mol. The van der Waals surface area contributed by atoms with Gasteiger partial charge in [0.15, 0.2) is 11.5 Å². The number of methoxy groups -OCH3 is 2. The summed E-state index contributed by atoms with van der Waals surface area (Å²) in [6, 6.07) is 4.22. The van der Waals surface area contributed by atoms with Gasteiger partial charge < -0.3 is 24.4 Å². The van der Waals surface area contributed by atoms with Gasteiger partial charge in [0.05, 0.1) is 32.4 Å². The van der Waals surface area contributed by atoms with Crippen LogP contribution in [-0.4, -0.2) is 93.2 Å². The quantitative estimate of drug-likeness (QED) is 0.614. The maximum atomic E-state index is 13.2. The van der Waals surface area contributed by atoms with Crippen LogP contribution in [0.25, 0.3) is 0 Å². The molecule has 1 aromatic carbocycles. The molecule has 1 atom stereocenters. The van der Waals surface area contributed by atoms with E-state index in [0.29, 0.717) is 61.1 Å². The number of benzene rings is 1. The third-order valence-electron chi connectivity index (χ3n) is 6.01. The smallest absolute Gasteiger partial charge is 0.338 e. The molecule has 2 aliphatic rings. The van der Waals surface area contributed by atoms with Gasteiger partial charge in [-0.25, -0.2) is 9.59 Å². The van der Waals surface area contributed by atoms with Crippen molar-refractivity contribution in [3.63, 3.8) is 0 Å². The van der Waals surface area contributed by atoms with E-state index in [0.717, 1.165) is 0 Å². The van der Waals surface area contributed by atoms with E-state index in [-0.39, 0.29) is 18.5 Å². The molecule has 2 heterocycles. The summed E-state index contributed by atoms with van der Waals surface area (Å²) in [6.45, 7) is 6.34. The third-order valence-corrected chi connectivity index (χ3v) is 6.01. The average Bonchev–Trinajstić information content (AvgIpc) is 2.81. The lowest BCUT2D eigenvalue weighted by atomic mass is 9.93. The van der Waals surface area contributed by atoms with E-state index in [1.807, 2.05) is 0 Å². The van der Waals surface area contributed by atoms with Crippen LogP contribution in [0.3, 0.4) is 0 Å². The van der Waals surface area contributed by atoms with Crippen molar-refractivity contribution in [3.05, 3.63) is 35.0 Å². The number of hydrogen-bond donors (Lipinski definition) is 1. The maximum absolute atomic E-state index is 13.2. The number of ether oxygens (including phenoxy) is 3. The van der Waals surface area contributed by atoms with Crippen molar-refractivity contribution in [3.8, 4) is 11.5 Å². The third kappa shape index (κ3) is 5.05. The molecular formula is C23H32N4O6. The van der Waals surface area contributed by atoms with Gasteiger partial charge in [-0.15, -0.1) is 0 Å². The molecule has 0 aromatic heterocycles. The normalized spacial score (nSPS) is 19.3. The topological polar surface area (TPSA) is 101 Å². The number of urea groups is 1. The predicted molar refractivity (Wildman–Crippen MR) is 121 cm³/mol. The molecule has 1 aromatic rings. The van der Waals surface area contributed by atoms with E-state index >= 15 is 0 Å². The second-order valence-electron chi connectivity index (χ2n) is 7.89. The van der Waals surface area contributed by atoms with Gasteiger partial charge in [0, 0.05) is 58.0 Å². The van der Waals surface area contributed by atoms with Crippen LogP contribution >= 0.6 is 0 Å². The summed E-state index contributed by atoms with van der Waals surface area (Å²) in [5.74, 6) is 0.469. The molecule has 1 N–H and O–H groups in total. The SMILES string of the molecule is CCOC(=O)C1=C(CN2CCN(C(C)=O)CC2)N(C)C(=O)N[C@@H]1c1cccc(OC)c1OC. The van der Waals surface area contributed by atoms with Gasteiger partial charge in [0.2, 0.25) is 5.91 Å². The van der Waals surface area contributed by atoms with Crippen molar-refractivity contribution in [2.45, 2.75) is 19.9 Å². The first-order chi connectivity index (χ1) is 15.8. The molecule has 0 bridgehead atoms. The predicted octanol–water partition coefficient (Wildman–Crippen LogP) is 1.38. The summed E-state index contributed by atoms with van der Waals surface area (Å²) in [4.78, 5) is 43.2. The number of esters is 1. The van der Waals surface area contributed by atoms with E-state index in [1.165, 1.54) is 19.1 Å².